The van der Waals surface area contributed by atoms with Crippen molar-refractivity contribution in [3.05, 3.63) is 55.7 Å². The molecular weight excluding hydrogens is 398 g/mol. The number of hydrogen-bond acceptors (Lipinski definition) is 7. The van der Waals surface area contributed by atoms with Crippen LogP contribution in [0, 0.1) is 10.1 Å². The van der Waals surface area contributed by atoms with Crippen molar-refractivity contribution in [3.8, 4) is 16.3 Å². The molecular formula is C16H12ClN3O4S2. The molecule has 134 valence electrons. The number of carbonyl (C=O) groups is 1. The second-order valence-electron chi connectivity index (χ2n) is 4.97. The van der Waals surface area contributed by atoms with E-state index in [0.29, 0.717) is 21.8 Å². The highest BCUT2D eigenvalue weighted by Gasteiger charge is 2.19. The molecule has 1 aromatic carbocycles. The van der Waals surface area contributed by atoms with Crippen LogP contribution in [-0.4, -0.2) is 22.4 Å². The molecule has 0 aliphatic heterocycles. The van der Waals surface area contributed by atoms with Crippen LogP contribution >= 0.6 is 34.3 Å². The smallest absolute Gasteiger partial charge is 0.311 e. The maximum Gasteiger partial charge on any atom is 0.311 e. The average molecular weight is 410 g/mol. The Morgan fingerprint density at radius 3 is 2.85 bits per heavy atom. The lowest BCUT2D eigenvalue weighted by molar-refractivity contribution is -0.385. The van der Waals surface area contributed by atoms with Gasteiger partial charge in [-0.1, -0.05) is 11.6 Å². The molecule has 0 aliphatic carbocycles. The minimum atomic E-state index is -0.580. The monoisotopic (exact) mass is 409 g/mol. The van der Waals surface area contributed by atoms with E-state index in [1.807, 2.05) is 6.07 Å². The fourth-order valence-corrected chi connectivity index (χ4v) is 3.93. The Hall–Kier alpha value is -2.49. The Bertz CT molecular complexity index is 970. The van der Waals surface area contributed by atoms with Crippen molar-refractivity contribution in [2.75, 3.05) is 11.9 Å². The summed E-state index contributed by atoms with van der Waals surface area (Å²) in [4.78, 5) is 28.2. The Balaban J connectivity index is 1.79. The normalized spacial score (nSPS) is 10.5. The highest BCUT2D eigenvalue weighted by Crippen LogP contribution is 2.33. The van der Waals surface area contributed by atoms with E-state index >= 15 is 0 Å². The molecule has 0 aliphatic rings. The van der Waals surface area contributed by atoms with E-state index in [1.165, 1.54) is 40.9 Å². The number of nitrogens with zero attached hydrogens (tertiary/aromatic N) is 2. The first-order chi connectivity index (χ1) is 12.5. The fourth-order valence-electron chi connectivity index (χ4n) is 2.14. The number of hydrogen-bond donors (Lipinski definition) is 1. The Labute approximate surface area is 161 Å². The van der Waals surface area contributed by atoms with Crippen LogP contribution in [0.4, 0.5) is 10.8 Å². The van der Waals surface area contributed by atoms with E-state index in [1.54, 1.807) is 18.4 Å². The Kier molecular flexibility index (Phi) is 5.50. The number of aromatic nitrogens is 1. The zero-order chi connectivity index (χ0) is 18.7. The topological polar surface area (TPSA) is 94.4 Å². The number of nitro groups is 1. The third kappa shape index (κ3) is 4.01. The summed E-state index contributed by atoms with van der Waals surface area (Å²) in [5.41, 5.74) is 0.600. The van der Waals surface area contributed by atoms with E-state index < -0.39 is 10.8 Å². The highest BCUT2D eigenvalue weighted by atomic mass is 35.5. The van der Waals surface area contributed by atoms with Crippen molar-refractivity contribution in [1.82, 2.24) is 4.98 Å². The highest BCUT2D eigenvalue weighted by molar-refractivity contribution is 7.20. The maximum absolute atomic E-state index is 12.4. The van der Waals surface area contributed by atoms with Crippen LogP contribution in [0.15, 0.2) is 35.7 Å². The molecule has 26 heavy (non-hydrogen) atoms. The van der Waals surface area contributed by atoms with Gasteiger partial charge in [0.25, 0.3) is 5.91 Å². The van der Waals surface area contributed by atoms with Gasteiger partial charge in [0.05, 0.1) is 26.4 Å². The van der Waals surface area contributed by atoms with Gasteiger partial charge in [-0.3, -0.25) is 20.2 Å². The minimum Gasteiger partial charge on any atom is -0.487 e. The SMILES string of the molecule is CCOc1ccc(C(=O)Nc2nc(-c3ccc(Cl)s3)cs2)cc1[N+](=O)[O-]. The molecule has 0 atom stereocenters. The molecule has 1 amide bonds. The zero-order valence-corrected chi connectivity index (χ0v) is 15.8. The molecule has 10 heteroatoms. The molecule has 0 fully saturated rings. The summed E-state index contributed by atoms with van der Waals surface area (Å²) in [5.74, 6) is -0.360. The molecule has 0 radical (unpaired) electrons. The summed E-state index contributed by atoms with van der Waals surface area (Å²) < 4.78 is 5.87. The predicted molar refractivity (Wildman–Crippen MR) is 103 cm³/mol. The number of anilines is 1. The second-order valence-corrected chi connectivity index (χ2v) is 7.54. The number of thiophene rings is 1. The Morgan fingerprint density at radius 2 is 2.19 bits per heavy atom. The number of nitrogens with one attached hydrogen (secondary N) is 1. The van der Waals surface area contributed by atoms with Crippen LogP contribution in [0.1, 0.15) is 17.3 Å². The van der Waals surface area contributed by atoms with Crippen LogP contribution in [0.2, 0.25) is 4.34 Å². The first-order valence-electron chi connectivity index (χ1n) is 7.41. The molecule has 7 nitrogen and oxygen atoms in total. The van der Waals surface area contributed by atoms with Gasteiger partial charge < -0.3 is 4.74 Å². The molecule has 1 N–H and O–H groups in total. The quantitative estimate of drug-likeness (QED) is 0.452. The molecule has 0 saturated heterocycles. The van der Waals surface area contributed by atoms with E-state index in [2.05, 4.69) is 10.3 Å². The number of thiazole rings is 1. The summed E-state index contributed by atoms with van der Waals surface area (Å²) in [7, 11) is 0. The lowest BCUT2D eigenvalue weighted by atomic mass is 10.2. The third-order valence-electron chi connectivity index (χ3n) is 3.27. The standard InChI is InChI=1S/C16H12ClN3O4S2/c1-2-24-12-4-3-9(7-11(12)20(22)23)15(21)19-16-18-10(8-25-16)13-5-6-14(17)26-13/h3-8H,2H2,1H3,(H,18,19,21). The van der Waals surface area contributed by atoms with Crippen molar-refractivity contribution >= 4 is 51.0 Å². The van der Waals surface area contributed by atoms with Crippen molar-refractivity contribution in [2.45, 2.75) is 6.92 Å². The van der Waals surface area contributed by atoms with E-state index in [0.717, 1.165) is 4.88 Å². The number of halogens is 1. The van der Waals surface area contributed by atoms with E-state index in [-0.39, 0.29) is 17.0 Å². The van der Waals surface area contributed by atoms with Crippen molar-refractivity contribution in [3.63, 3.8) is 0 Å². The van der Waals surface area contributed by atoms with Gasteiger partial charge in [0.15, 0.2) is 10.9 Å². The number of amides is 1. The van der Waals surface area contributed by atoms with Gasteiger partial charge in [-0.25, -0.2) is 4.98 Å². The first-order valence-corrected chi connectivity index (χ1v) is 9.49. The van der Waals surface area contributed by atoms with Crippen LogP contribution in [0.25, 0.3) is 10.6 Å². The van der Waals surface area contributed by atoms with Gasteiger partial charge in [0, 0.05) is 17.0 Å². The summed E-state index contributed by atoms with van der Waals surface area (Å²) in [6.45, 7) is 2.02. The van der Waals surface area contributed by atoms with Gasteiger partial charge in [-0.15, -0.1) is 22.7 Å². The van der Waals surface area contributed by atoms with Crippen LogP contribution in [0.3, 0.4) is 0 Å². The number of carbonyl (C=O) groups excluding carboxylic acids is 1. The summed E-state index contributed by atoms with van der Waals surface area (Å²) in [5, 5.41) is 16.0. The molecule has 0 spiro atoms. The lowest BCUT2D eigenvalue weighted by Crippen LogP contribution is -2.12. The van der Waals surface area contributed by atoms with E-state index in [9.17, 15) is 14.9 Å². The van der Waals surface area contributed by atoms with Gasteiger partial charge in [0.2, 0.25) is 0 Å². The average Bonchev–Trinajstić information content (AvgIpc) is 3.24. The van der Waals surface area contributed by atoms with Crippen molar-refractivity contribution in [1.29, 1.82) is 0 Å². The largest absolute Gasteiger partial charge is 0.487 e. The molecule has 0 saturated carbocycles. The maximum atomic E-state index is 12.4. The van der Waals surface area contributed by atoms with Gasteiger partial charge in [0.1, 0.15) is 0 Å². The molecule has 0 unspecified atom stereocenters. The van der Waals surface area contributed by atoms with E-state index in [4.69, 9.17) is 16.3 Å². The number of benzene rings is 1. The third-order valence-corrected chi connectivity index (χ3v) is 5.28. The lowest BCUT2D eigenvalue weighted by Gasteiger charge is -2.06. The predicted octanol–water partition coefficient (Wildman–Crippen LogP) is 5.08. The molecule has 2 heterocycles. The second kappa shape index (κ2) is 7.81. The summed E-state index contributed by atoms with van der Waals surface area (Å²) in [6, 6.07) is 7.70. The molecule has 2 aromatic heterocycles. The Morgan fingerprint density at radius 1 is 1.38 bits per heavy atom. The minimum absolute atomic E-state index is 0.125. The summed E-state index contributed by atoms with van der Waals surface area (Å²) >= 11 is 8.57. The van der Waals surface area contributed by atoms with Gasteiger partial charge >= 0.3 is 5.69 Å². The van der Waals surface area contributed by atoms with Gasteiger partial charge in [-0.05, 0) is 31.2 Å². The summed E-state index contributed by atoms with van der Waals surface area (Å²) in [6.07, 6.45) is 0. The zero-order valence-electron chi connectivity index (χ0n) is 13.4. The number of nitro benzene ring substituents is 1. The molecule has 0 bridgehead atoms. The number of ether oxygens (including phenoxy) is 1. The van der Waals surface area contributed by atoms with Crippen LogP contribution < -0.4 is 10.1 Å². The molecule has 3 aromatic rings. The van der Waals surface area contributed by atoms with Crippen molar-refractivity contribution in [2.24, 2.45) is 0 Å². The van der Waals surface area contributed by atoms with Crippen LogP contribution in [-0.2, 0) is 0 Å². The van der Waals surface area contributed by atoms with Gasteiger partial charge in [-0.2, -0.15) is 0 Å². The first kappa shape index (κ1) is 18.3. The van der Waals surface area contributed by atoms with Crippen LogP contribution in [0.5, 0.6) is 5.75 Å². The molecule has 3 rings (SSSR count). The number of rotatable bonds is 6. The fraction of sp³-hybridized carbons (Fsp3) is 0.125. The van der Waals surface area contributed by atoms with Crippen molar-refractivity contribution < 1.29 is 14.5 Å².